The summed E-state index contributed by atoms with van der Waals surface area (Å²) in [4.78, 5) is 11.2. The normalized spacial score (nSPS) is 18.9. The Labute approximate surface area is 79.8 Å². The third-order valence-corrected chi connectivity index (χ3v) is 2.35. The molecule has 0 aromatic rings. The highest BCUT2D eigenvalue weighted by atomic mass is 16.1. The van der Waals surface area contributed by atoms with Gasteiger partial charge in [0.2, 0.25) is 0 Å². The summed E-state index contributed by atoms with van der Waals surface area (Å²) in [5.74, 6) is 0.158. The molecule has 1 fully saturated rings. The summed E-state index contributed by atoms with van der Waals surface area (Å²) in [6.07, 6.45) is 4.27. The van der Waals surface area contributed by atoms with Crippen molar-refractivity contribution in [2.75, 3.05) is 13.1 Å². The number of hydrogen-bond acceptors (Lipinski definition) is 3. The molecule has 3 nitrogen and oxygen atoms in total. The van der Waals surface area contributed by atoms with Crippen LogP contribution in [0.4, 0.5) is 0 Å². The van der Waals surface area contributed by atoms with Gasteiger partial charge in [-0.25, -0.2) is 0 Å². The zero-order valence-corrected chi connectivity index (χ0v) is 8.55. The van der Waals surface area contributed by atoms with Gasteiger partial charge in [-0.2, -0.15) is 5.10 Å². The summed E-state index contributed by atoms with van der Waals surface area (Å²) in [7, 11) is 0. The average molecular weight is 182 g/mol. The maximum absolute atomic E-state index is 11.2. The molecule has 0 amide bonds. The highest BCUT2D eigenvalue weighted by molar-refractivity contribution is 6.38. The van der Waals surface area contributed by atoms with E-state index in [0.29, 0.717) is 12.1 Å². The molecule has 3 heteroatoms. The van der Waals surface area contributed by atoms with Gasteiger partial charge in [0.1, 0.15) is 5.71 Å². The minimum Gasteiger partial charge on any atom is -0.297 e. The van der Waals surface area contributed by atoms with E-state index in [9.17, 15) is 4.79 Å². The van der Waals surface area contributed by atoms with E-state index in [-0.39, 0.29) is 5.78 Å². The lowest BCUT2D eigenvalue weighted by atomic mass is 10.2. The molecule has 0 aliphatic carbocycles. The first-order valence-electron chi connectivity index (χ1n) is 5.07. The molecule has 0 unspecified atom stereocenters. The second-order valence-corrected chi connectivity index (χ2v) is 3.48. The van der Waals surface area contributed by atoms with Crippen molar-refractivity contribution in [1.29, 1.82) is 0 Å². The molecule has 74 valence electrons. The molecular formula is C10H18N2O. The zero-order valence-electron chi connectivity index (χ0n) is 8.55. The van der Waals surface area contributed by atoms with Crippen molar-refractivity contribution in [3.8, 4) is 0 Å². The largest absolute Gasteiger partial charge is 0.297 e. The third kappa shape index (κ3) is 3.17. The Morgan fingerprint density at radius 3 is 2.46 bits per heavy atom. The molecule has 0 atom stereocenters. The fraction of sp³-hybridized carbons (Fsp3) is 0.800. The quantitative estimate of drug-likeness (QED) is 0.624. The first-order chi connectivity index (χ1) is 6.24. The van der Waals surface area contributed by atoms with Gasteiger partial charge in [-0.15, -0.1) is 0 Å². The van der Waals surface area contributed by atoms with Gasteiger partial charge in [-0.05, 0) is 26.2 Å². The summed E-state index contributed by atoms with van der Waals surface area (Å²) in [6, 6.07) is 0. The molecule has 0 radical (unpaired) electrons. The number of carbonyl (C=O) groups is 1. The maximum Gasteiger partial charge on any atom is 0.178 e. The van der Waals surface area contributed by atoms with Crippen molar-refractivity contribution in [3.63, 3.8) is 0 Å². The highest BCUT2D eigenvalue weighted by Gasteiger charge is 2.09. The van der Waals surface area contributed by atoms with Crippen LogP contribution in [0.2, 0.25) is 0 Å². The smallest absolute Gasteiger partial charge is 0.178 e. The van der Waals surface area contributed by atoms with Crippen molar-refractivity contribution >= 4 is 11.5 Å². The fourth-order valence-electron chi connectivity index (χ4n) is 1.50. The molecule has 1 saturated heterocycles. The van der Waals surface area contributed by atoms with Crippen molar-refractivity contribution in [2.24, 2.45) is 5.10 Å². The fourth-order valence-corrected chi connectivity index (χ4v) is 1.50. The van der Waals surface area contributed by atoms with Crippen LogP contribution in [0.5, 0.6) is 0 Å². The molecule has 1 heterocycles. The van der Waals surface area contributed by atoms with Crippen LogP contribution in [-0.2, 0) is 4.79 Å². The number of Topliss-reactive ketones (excluding diaryl/α,β-unsaturated/α-hetero) is 1. The van der Waals surface area contributed by atoms with Gasteiger partial charge in [0.25, 0.3) is 0 Å². The minimum atomic E-state index is 0.158. The number of piperidine rings is 1. The Bertz CT molecular complexity index is 205. The minimum absolute atomic E-state index is 0.158. The number of hydrogen-bond donors (Lipinski definition) is 0. The van der Waals surface area contributed by atoms with Gasteiger partial charge in [0.15, 0.2) is 5.78 Å². The molecular weight excluding hydrogens is 164 g/mol. The van der Waals surface area contributed by atoms with E-state index < -0.39 is 0 Å². The summed E-state index contributed by atoms with van der Waals surface area (Å²) in [5.41, 5.74) is 0.657. The zero-order chi connectivity index (χ0) is 9.68. The van der Waals surface area contributed by atoms with Crippen LogP contribution in [0.15, 0.2) is 5.10 Å². The molecule has 0 spiro atoms. The topological polar surface area (TPSA) is 32.7 Å². The van der Waals surface area contributed by atoms with E-state index >= 15 is 0 Å². The van der Waals surface area contributed by atoms with E-state index in [2.05, 4.69) is 5.10 Å². The first-order valence-corrected chi connectivity index (χ1v) is 5.07. The van der Waals surface area contributed by atoms with E-state index in [0.717, 1.165) is 13.1 Å². The lowest BCUT2D eigenvalue weighted by molar-refractivity contribution is -0.112. The number of rotatable bonds is 3. The lowest BCUT2D eigenvalue weighted by Gasteiger charge is -2.24. The number of ketones is 1. The second kappa shape index (κ2) is 5.00. The third-order valence-electron chi connectivity index (χ3n) is 2.35. The van der Waals surface area contributed by atoms with Crippen molar-refractivity contribution in [3.05, 3.63) is 0 Å². The van der Waals surface area contributed by atoms with Gasteiger partial charge in [0.05, 0.1) is 0 Å². The van der Waals surface area contributed by atoms with E-state index in [4.69, 9.17) is 0 Å². The van der Waals surface area contributed by atoms with Crippen LogP contribution in [0.3, 0.4) is 0 Å². The van der Waals surface area contributed by atoms with Crippen molar-refractivity contribution < 1.29 is 4.79 Å². The summed E-state index contributed by atoms with van der Waals surface area (Å²) in [6.45, 7) is 5.70. The molecule has 0 aromatic carbocycles. The number of nitrogens with zero attached hydrogens (tertiary/aromatic N) is 2. The maximum atomic E-state index is 11.2. The van der Waals surface area contributed by atoms with Crippen LogP contribution in [0, 0.1) is 0 Å². The standard InChI is InChI=1S/C10H18N2O/c1-3-10(13)9(2)11-12-7-5-4-6-8-12/h3-8H2,1-2H3/b11-9+. The Balaban J connectivity index is 2.47. The van der Waals surface area contributed by atoms with Crippen LogP contribution < -0.4 is 0 Å². The highest BCUT2D eigenvalue weighted by Crippen LogP contribution is 2.08. The summed E-state index contributed by atoms with van der Waals surface area (Å²) in [5, 5.41) is 6.33. The predicted molar refractivity (Wildman–Crippen MR) is 53.8 cm³/mol. The Morgan fingerprint density at radius 2 is 1.92 bits per heavy atom. The molecule has 0 saturated carbocycles. The van der Waals surface area contributed by atoms with Gasteiger partial charge in [0, 0.05) is 19.5 Å². The van der Waals surface area contributed by atoms with Crippen LogP contribution in [0.25, 0.3) is 0 Å². The van der Waals surface area contributed by atoms with Crippen LogP contribution in [0.1, 0.15) is 39.5 Å². The average Bonchev–Trinajstić information content (AvgIpc) is 2.18. The number of carbonyl (C=O) groups excluding carboxylic acids is 1. The van der Waals surface area contributed by atoms with Gasteiger partial charge in [-0.3, -0.25) is 9.80 Å². The van der Waals surface area contributed by atoms with Gasteiger partial charge in [-0.1, -0.05) is 6.92 Å². The van der Waals surface area contributed by atoms with E-state index in [1.165, 1.54) is 19.3 Å². The molecule has 1 rings (SSSR count). The molecule has 0 N–H and O–H groups in total. The summed E-state index contributed by atoms with van der Waals surface area (Å²) < 4.78 is 0. The molecule has 1 aliphatic heterocycles. The SMILES string of the molecule is CCC(=O)/C(C)=N/N1CCCCC1. The molecule has 1 aliphatic rings. The van der Waals surface area contributed by atoms with Crippen molar-refractivity contribution in [1.82, 2.24) is 5.01 Å². The predicted octanol–water partition coefficient (Wildman–Crippen LogP) is 1.83. The molecule has 13 heavy (non-hydrogen) atoms. The van der Waals surface area contributed by atoms with E-state index in [1.807, 2.05) is 11.9 Å². The van der Waals surface area contributed by atoms with Gasteiger partial charge < -0.3 is 0 Å². The van der Waals surface area contributed by atoms with Crippen LogP contribution in [-0.4, -0.2) is 29.6 Å². The summed E-state index contributed by atoms with van der Waals surface area (Å²) >= 11 is 0. The Hall–Kier alpha value is -0.860. The first kappa shape index (κ1) is 10.2. The van der Waals surface area contributed by atoms with Gasteiger partial charge >= 0.3 is 0 Å². The lowest BCUT2D eigenvalue weighted by Crippen LogP contribution is -2.27. The van der Waals surface area contributed by atoms with Crippen molar-refractivity contribution in [2.45, 2.75) is 39.5 Å². The Morgan fingerprint density at radius 1 is 1.31 bits per heavy atom. The van der Waals surface area contributed by atoms with Crippen LogP contribution >= 0.6 is 0 Å². The second-order valence-electron chi connectivity index (χ2n) is 3.48. The monoisotopic (exact) mass is 182 g/mol. The Kier molecular flexibility index (Phi) is 3.93. The number of hydrazone groups is 1. The van der Waals surface area contributed by atoms with E-state index in [1.54, 1.807) is 6.92 Å². The molecule has 0 aromatic heterocycles. The molecule has 0 bridgehead atoms.